The van der Waals surface area contributed by atoms with Gasteiger partial charge in [-0.05, 0) is 41.3 Å². The lowest BCUT2D eigenvalue weighted by Gasteiger charge is -2.17. The topological polar surface area (TPSA) is 70.5 Å². The number of nitrogens with one attached hydrogen (secondary N) is 2. The monoisotopic (exact) mass is 366 g/mol. The number of benzene rings is 1. The molecule has 26 heavy (non-hydrogen) atoms. The Balaban J connectivity index is 1.61. The number of furan rings is 1. The van der Waals surface area contributed by atoms with E-state index in [1.165, 1.54) is 4.88 Å². The first-order chi connectivity index (χ1) is 12.7. The number of anilines is 1. The van der Waals surface area contributed by atoms with Gasteiger partial charge in [0.05, 0.1) is 23.6 Å². The molecule has 1 atom stereocenters. The molecule has 0 fully saturated rings. The summed E-state index contributed by atoms with van der Waals surface area (Å²) in [7, 11) is 0. The highest BCUT2D eigenvalue weighted by Crippen LogP contribution is 2.10. The smallest absolute Gasteiger partial charge is 0.279 e. The first-order valence-electron chi connectivity index (χ1n) is 8.37. The number of nitriles is 1. The summed E-state index contributed by atoms with van der Waals surface area (Å²) in [5.41, 5.74) is 1.68. The first-order valence-corrected chi connectivity index (χ1v) is 9.25. The lowest BCUT2D eigenvalue weighted by Crippen LogP contribution is -3.10. The van der Waals surface area contributed by atoms with Crippen LogP contribution in [0.1, 0.15) is 16.2 Å². The van der Waals surface area contributed by atoms with Crippen LogP contribution < -0.4 is 10.2 Å². The van der Waals surface area contributed by atoms with Gasteiger partial charge in [-0.3, -0.25) is 4.79 Å². The number of carbonyl (C=O) groups is 1. The Morgan fingerprint density at radius 2 is 2.00 bits per heavy atom. The fraction of sp³-hybridized carbons (Fsp3) is 0.200. The molecule has 0 saturated carbocycles. The summed E-state index contributed by atoms with van der Waals surface area (Å²) in [5, 5.41) is 13.7. The van der Waals surface area contributed by atoms with Crippen LogP contribution in [0.15, 0.2) is 64.6 Å². The molecule has 0 aliphatic heterocycles. The highest BCUT2D eigenvalue weighted by atomic mass is 32.1. The number of amides is 1. The zero-order valence-corrected chi connectivity index (χ0v) is 15.1. The largest absolute Gasteiger partial charge is 0.463 e. The van der Waals surface area contributed by atoms with E-state index in [-0.39, 0.29) is 5.91 Å². The van der Waals surface area contributed by atoms with Gasteiger partial charge in [0.2, 0.25) is 0 Å². The molecule has 132 valence electrons. The Labute approximate surface area is 156 Å². The Bertz CT molecular complexity index is 813. The zero-order valence-electron chi connectivity index (χ0n) is 14.3. The van der Waals surface area contributed by atoms with Crippen LogP contribution >= 0.6 is 11.3 Å². The van der Waals surface area contributed by atoms with E-state index >= 15 is 0 Å². The SMILES string of the molecule is N#CCc1ccc(NC(=O)C[NH+](Cc2ccco2)Cc2cccs2)cc1. The van der Waals surface area contributed by atoms with Crippen LogP contribution in [0.5, 0.6) is 0 Å². The van der Waals surface area contributed by atoms with Gasteiger partial charge in [-0.25, -0.2) is 0 Å². The molecule has 0 bridgehead atoms. The van der Waals surface area contributed by atoms with Gasteiger partial charge >= 0.3 is 0 Å². The van der Waals surface area contributed by atoms with Crippen molar-refractivity contribution in [3.63, 3.8) is 0 Å². The normalized spacial score (nSPS) is 11.7. The van der Waals surface area contributed by atoms with Crippen molar-refractivity contribution in [2.75, 3.05) is 11.9 Å². The Morgan fingerprint density at radius 1 is 1.15 bits per heavy atom. The van der Waals surface area contributed by atoms with Gasteiger partial charge < -0.3 is 14.6 Å². The van der Waals surface area contributed by atoms with Crippen molar-refractivity contribution in [3.05, 3.63) is 76.4 Å². The molecule has 1 unspecified atom stereocenters. The van der Waals surface area contributed by atoms with Crippen molar-refractivity contribution in [3.8, 4) is 6.07 Å². The predicted molar refractivity (Wildman–Crippen MR) is 101 cm³/mol. The van der Waals surface area contributed by atoms with Crippen LogP contribution in [0.4, 0.5) is 5.69 Å². The minimum atomic E-state index is -0.0452. The number of thiophene rings is 1. The van der Waals surface area contributed by atoms with Crippen molar-refractivity contribution < 1.29 is 14.1 Å². The highest BCUT2D eigenvalue weighted by molar-refractivity contribution is 7.09. The summed E-state index contributed by atoms with van der Waals surface area (Å²) in [6.45, 7) is 1.77. The molecule has 0 spiro atoms. The molecule has 2 N–H and O–H groups in total. The van der Waals surface area contributed by atoms with Crippen molar-refractivity contribution in [2.24, 2.45) is 0 Å². The Hall–Kier alpha value is -2.88. The van der Waals surface area contributed by atoms with Crippen LogP contribution in [0, 0.1) is 11.3 Å². The summed E-state index contributed by atoms with van der Waals surface area (Å²) in [5.74, 6) is 0.821. The van der Waals surface area contributed by atoms with Crippen molar-refractivity contribution >= 4 is 22.9 Å². The molecule has 3 rings (SSSR count). The van der Waals surface area contributed by atoms with Gasteiger partial charge in [0.25, 0.3) is 5.91 Å². The second-order valence-corrected chi connectivity index (χ2v) is 7.05. The number of rotatable bonds is 8. The van der Waals surface area contributed by atoms with Crippen LogP contribution in [0.3, 0.4) is 0 Å². The third-order valence-electron chi connectivity index (χ3n) is 3.94. The summed E-state index contributed by atoms with van der Waals surface area (Å²) in [4.78, 5) is 14.8. The van der Waals surface area contributed by atoms with E-state index in [4.69, 9.17) is 9.68 Å². The highest BCUT2D eigenvalue weighted by Gasteiger charge is 2.17. The van der Waals surface area contributed by atoms with Crippen LogP contribution in [-0.4, -0.2) is 12.5 Å². The van der Waals surface area contributed by atoms with E-state index < -0.39 is 0 Å². The molecule has 0 aliphatic carbocycles. The van der Waals surface area contributed by atoms with Crippen LogP contribution in [0.25, 0.3) is 0 Å². The van der Waals surface area contributed by atoms with Gasteiger partial charge in [-0.1, -0.05) is 18.2 Å². The van der Waals surface area contributed by atoms with Crippen molar-refractivity contribution in [1.82, 2.24) is 0 Å². The van der Waals surface area contributed by atoms with E-state index in [1.807, 2.05) is 47.8 Å². The number of nitrogens with zero attached hydrogens (tertiary/aromatic N) is 1. The van der Waals surface area contributed by atoms with Crippen molar-refractivity contribution in [2.45, 2.75) is 19.5 Å². The van der Waals surface area contributed by atoms with E-state index in [1.54, 1.807) is 17.6 Å². The fourth-order valence-electron chi connectivity index (χ4n) is 2.74. The molecule has 1 amide bonds. The number of carbonyl (C=O) groups excluding carboxylic acids is 1. The summed E-state index contributed by atoms with van der Waals surface area (Å²) >= 11 is 1.69. The van der Waals surface area contributed by atoms with E-state index in [0.29, 0.717) is 19.5 Å². The lowest BCUT2D eigenvalue weighted by atomic mass is 10.1. The maximum atomic E-state index is 12.5. The summed E-state index contributed by atoms with van der Waals surface area (Å²) < 4.78 is 5.44. The van der Waals surface area contributed by atoms with E-state index in [2.05, 4.69) is 17.5 Å². The molecule has 3 aromatic rings. The third-order valence-corrected chi connectivity index (χ3v) is 4.82. The Morgan fingerprint density at radius 3 is 2.65 bits per heavy atom. The molecular formula is C20H20N3O2S+. The minimum absolute atomic E-state index is 0.0452. The lowest BCUT2D eigenvalue weighted by molar-refractivity contribution is -0.920. The molecule has 2 heterocycles. The molecule has 0 radical (unpaired) electrons. The Kier molecular flexibility index (Phi) is 6.20. The maximum Gasteiger partial charge on any atom is 0.279 e. The van der Waals surface area contributed by atoms with Crippen molar-refractivity contribution in [1.29, 1.82) is 5.26 Å². The number of hydrogen-bond acceptors (Lipinski definition) is 4. The first kappa shape index (κ1) is 17.9. The van der Waals surface area contributed by atoms with Gasteiger partial charge in [-0.2, -0.15) is 5.26 Å². The van der Waals surface area contributed by atoms with Gasteiger partial charge in [0.1, 0.15) is 13.1 Å². The maximum absolute atomic E-state index is 12.5. The van der Waals surface area contributed by atoms with Crippen LogP contribution in [0.2, 0.25) is 0 Å². The quantitative estimate of drug-likeness (QED) is 0.644. The molecule has 0 aliphatic rings. The molecule has 5 nitrogen and oxygen atoms in total. The van der Waals surface area contributed by atoms with E-state index in [9.17, 15) is 4.79 Å². The zero-order chi connectivity index (χ0) is 18.2. The van der Waals surface area contributed by atoms with Gasteiger partial charge in [0, 0.05) is 5.69 Å². The average Bonchev–Trinajstić information content (AvgIpc) is 3.31. The second-order valence-electron chi connectivity index (χ2n) is 6.02. The number of quaternary nitrogens is 1. The number of hydrogen-bond donors (Lipinski definition) is 2. The fourth-order valence-corrected chi connectivity index (χ4v) is 3.51. The van der Waals surface area contributed by atoms with Gasteiger partial charge in [-0.15, -0.1) is 11.3 Å². The predicted octanol–water partition coefficient (Wildman–Crippen LogP) is 2.63. The molecule has 1 aromatic carbocycles. The van der Waals surface area contributed by atoms with E-state index in [0.717, 1.165) is 28.5 Å². The van der Waals surface area contributed by atoms with Gasteiger partial charge in [0.15, 0.2) is 12.3 Å². The summed E-state index contributed by atoms with van der Waals surface area (Å²) in [6.07, 6.45) is 2.02. The standard InChI is InChI=1S/C20H19N3O2S/c21-10-9-16-5-7-17(8-6-16)22-20(24)15-23(13-18-3-1-11-25-18)14-19-4-2-12-26-19/h1-8,11-12H,9,13-15H2,(H,22,24)/p+1. The summed E-state index contributed by atoms with van der Waals surface area (Å²) in [6, 6.07) is 17.4. The second kappa shape index (κ2) is 8.99. The minimum Gasteiger partial charge on any atom is -0.463 e. The average molecular weight is 366 g/mol. The van der Waals surface area contributed by atoms with Crippen LogP contribution in [-0.2, 0) is 24.3 Å². The molecular weight excluding hydrogens is 346 g/mol. The third kappa shape index (κ3) is 5.31. The molecule has 2 aromatic heterocycles. The molecule has 6 heteroatoms. The molecule has 0 saturated heterocycles.